The molecular formula is C24H16O2S2. The molecule has 0 atom stereocenters. The highest BCUT2D eigenvalue weighted by Crippen LogP contribution is 2.39. The van der Waals surface area contributed by atoms with Crippen molar-refractivity contribution < 1.29 is 8.83 Å². The molecule has 0 fully saturated rings. The standard InChI is InChI=1S/C24H16O2S2/c1-27-21-11-13-3-5-17-15-8-10-20-18(16(15)7-9-19(17)23(13)25-21)6-4-14-12-22(28-2)26-24(14)20/h3-12H,1-2H3. The van der Waals surface area contributed by atoms with E-state index in [9.17, 15) is 0 Å². The number of fused-ring (bicyclic) bond motifs is 9. The van der Waals surface area contributed by atoms with E-state index in [0.29, 0.717) is 0 Å². The van der Waals surface area contributed by atoms with Crippen LogP contribution in [0.25, 0.3) is 54.3 Å². The first-order valence-electron chi connectivity index (χ1n) is 9.09. The average molecular weight is 401 g/mol. The molecule has 6 rings (SSSR count). The molecule has 2 aromatic heterocycles. The highest BCUT2D eigenvalue weighted by molar-refractivity contribution is 7.98. The predicted molar refractivity (Wildman–Crippen MR) is 122 cm³/mol. The van der Waals surface area contributed by atoms with Gasteiger partial charge in [-0.25, -0.2) is 0 Å². The van der Waals surface area contributed by atoms with Crippen LogP contribution in [0.4, 0.5) is 0 Å². The van der Waals surface area contributed by atoms with Gasteiger partial charge in [-0.2, -0.15) is 0 Å². The summed E-state index contributed by atoms with van der Waals surface area (Å²) in [7, 11) is 0. The lowest BCUT2D eigenvalue weighted by Gasteiger charge is -2.08. The van der Waals surface area contributed by atoms with Gasteiger partial charge in [-0.1, -0.05) is 59.9 Å². The van der Waals surface area contributed by atoms with Gasteiger partial charge in [-0.05, 0) is 58.3 Å². The largest absolute Gasteiger partial charge is 0.449 e. The fourth-order valence-electron chi connectivity index (χ4n) is 4.19. The molecule has 28 heavy (non-hydrogen) atoms. The van der Waals surface area contributed by atoms with Crippen molar-refractivity contribution in [2.75, 3.05) is 12.5 Å². The van der Waals surface area contributed by atoms with Crippen molar-refractivity contribution in [1.29, 1.82) is 0 Å². The Bertz CT molecular complexity index is 1420. The Balaban J connectivity index is 1.73. The van der Waals surface area contributed by atoms with Crippen LogP contribution in [0, 0.1) is 0 Å². The third-order valence-electron chi connectivity index (χ3n) is 5.51. The van der Waals surface area contributed by atoms with Gasteiger partial charge in [-0.3, -0.25) is 0 Å². The second-order valence-electron chi connectivity index (χ2n) is 6.92. The SMILES string of the molecule is CSc1cc2ccc3c4ccc5c(ccc6cc(SC)oc65)c4ccc3c2o1. The molecular weight excluding hydrogens is 384 g/mol. The number of furan rings is 2. The van der Waals surface area contributed by atoms with Crippen LogP contribution in [-0.4, -0.2) is 12.5 Å². The molecule has 0 N–H and O–H groups in total. The molecule has 0 unspecified atom stereocenters. The van der Waals surface area contributed by atoms with Crippen molar-refractivity contribution in [3.63, 3.8) is 0 Å². The number of rotatable bonds is 2. The zero-order valence-corrected chi connectivity index (χ0v) is 17.0. The lowest BCUT2D eigenvalue weighted by atomic mass is 9.96. The minimum absolute atomic E-state index is 0.950. The highest BCUT2D eigenvalue weighted by Gasteiger charge is 2.13. The number of thioether (sulfide) groups is 2. The summed E-state index contributed by atoms with van der Waals surface area (Å²) in [6, 6.07) is 21.8. The van der Waals surface area contributed by atoms with E-state index >= 15 is 0 Å². The van der Waals surface area contributed by atoms with Crippen molar-refractivity contribution in [3.8, 4) is 0 Å². The lowest BCUT2D eigenvalue weighted by molar-refractivity contribution is 0.518. The molecule has 2 nitrogen and oxygen atoms in total. The van der Waals surface area contributed by atoms with Crippen LogP contribution in [0.1, 0.15) is 0 Å². The maximum atomic E-state index is 6.09. The molecule has 0 amide bonds. The Morgan fingerprint density at radius 3 is 1.29 bits per heavy atom. The molecule has 4 heteroatoms. The predicted octanol–water partition coefficient (Wildman–Crippen LogP) is 8.08. The minimum Gasteiger partial charge on any atom is -0.449 e. The molecule has 0 aliphatic rings. The fourth-order valence-corrected chi connectivity index (χ4v) is 5.01. The summed E-state index contributed by atoms with van der Waals surface area (Å²) in [6.45, 7) is 0. The second-order valence-corrected chi connectivity index (χ2v) is 8.54. The lowest BCUT2D eigenvalue weighted by Crippen LogP contribution is -1.82. The maximum absolute atomic E-state index is 6.09. The fraction of sp³-hybridized carbons (Fsp3) is 0.0833. The first-order valence-corrected chi connectivity index (χ1v) is 11.5. The molecule has 0 aliphatic carbocycles. The van der Waals surface area contributed by atoms with Crippen molar-refractivity contribution in [1.82, 2.24) is 0 Å². The van der Waals surface area contributed by atoms with E-state index in [-0.39, 0.29) is 0 Å². The Hall–Kier alpha value is -2.56. The molecule has 0 bridgehead atoms. The van der Waals surface area contributed by atoms with E-state index in [4.69, 9.17) is 8.83 Å². The van der Waals surface area contributed by atoms with Crippen LogP contribution in [0.15, 0.2) is 79.7 Å². The third kappa shape index (κ3) is 2.19. The van der Waals surface area contributed by atoms with Gasteiger partial charge in [0.1, 0.15) is 11.2 Å². The van der Waals surface area contributed by atoms with E-state index in [1.165, 1.54) is 21.5 Å². The van der Waals surface area contributed by atoms with Crippen molar-refractivity contribution in [2.45, 2.75) is 10.2 Å². The average Bonchev–Trinajstić information content (AvgIpc) is 3.36. The van der Waals surface area contributed by atoms with E-state index in [1.54, 1.807) is 23.5 Å². The van der Waals surface area contributed by atoms with Crippen LogP contribution >= 0.6 is 23.5 Å². The first kappa shape index (κ1) is 16.4. The van der Waals surface area contributed by atoms with Gasteiger partial charge >= 0.3 is 0 Å². The molecule has 2 heterocycles. The van der Waals surface area contributed by atoms with Gasteiger partial charge in [0.15, 0.2) is 10.2 Å². The summed E-state index contributed by atoms with van der Waals surface area (Å²) in [4.78, 5) is 0. The monoisotopic (exact) mass is 400 g/mol. The molecule has 0 spiro atoms. The topological polar surface area (TPSA) is 26.3 Å². The van der Waals surface area contributed by atoms with Gasteiger partial charge in [0.05, 0.1) is 0 Å². The van der Waals surface area contributed by atoms with Gasteiger partial charge in [-0.15, -0.1) is 0 Å². The Labute approximate surface area is 169 Å². The molecule has 0 aliphatic heterocycles. The quantitative estimate of drug-likeness (QED) is 0.217. The number of hydrogen-bond donors (Lipinski definition) is 0. The smallest absolute Gasteiger partial charge is 0.161 e. The normalized spacial score (nSPS) is 12.2. The van der Waals surface area contributed by atoms with Gasteiger partial charge in [0, 0.05) is 21.5 Å². The summed E-state index contributed by atoms with van der Waals surface area (Å²) in [5.41, 5.74) is 1.94. The Morgan fingerprint density at radius 1 is 0.500 bits per heavy atom. The van der Waals surface area contributed by atoms with E-state index in [1.807, 2.05) is 12.5 Å². The van der Waals surface area contributed by atoms with Gasteiger partial charge in [0.2, 0.25) is 0 Å². The molecule has 4 aromatic carbocycles. The summed E-state index contributed by atoms with van der Waals surface area (Å²) in [5.74, 6) is 0. The third-order valence-corrected chi connectivity index (χ3v) is 6.72. The molecule has 0 saturated heterocycles. The van der Waals surface area contributed by atoms with Crippen LogP contribution in [-0.2, 0) is 0 Å². The van der Waals surface area contributed by atoms with Crippen LogP contribution in [0.3, 0.4) is 0 Å². The summed E-state index contributed by atoms with van der Waals surface area (Å²) in [5, 5.41) is 11.4. The van der Waals surface area contributed by atoms with Crippen molar-refractivity contribution in [2.24, 2.45) is 0 Å². The highest BCUT2D eigenvalue weighted by atomic mass is 32.2. The van der Waals surface area contributed by atoms with Crippen LogP contribution < -0.4 is 0 Å². The van der Waals surface area contributed by atoms with E-state index in [2.05, 4.69) is 60.7 Å². The first-order chi connectivity index (χ1) is 13.8. The molecule has 6 aromatic rings. The van der Waals surface area contributed by atoms with Crippen LogP contribution in [0.2, 0.25) is 0 Å². The Kier molecular flexibility index (Phi) is 3.49. The van der Waals surface area contributed by atoms with Crippen LogP contribution in [0.5, 0.6) is 0 Å². The second kappa shape index (κ2) is 5.97. The maximum Gasteiger partial charge on any atom is 0.161 e. The number of hydrogen-bond acceptors (Lipinski definition) is 4. The van der Waals surface area contributed by atoms with E-state index < -0.39 is 0 Å². The zero-order chi connectivity index (χ0) is 18.8. The zero-order valence-electron chi connectivity index (χ0n) is 15.4. The minimum atomic E-state index is 0.950. The van der Waals surface area contributed by atoms with Crippen molar-refractivity contribution in [3.05, 3.63) is 60.7 Å². The van der Waals surface area contributed by atoms with Crippen molar-refractivity contribution >= 4 is 77.8 Å². The summed E-state index contributed by atoms with van der Waals surface area (Å²) in [6.07, 6.45) is 4.08. The summed E-state index contributed by atoms with van der Waals surface area (Å²) >= 11 is 3.27. The van der Waals surface area contributed by atoms with Gasteiger partial charge in [0.25, 0.3) is 0 Å². The Morgan fingerprint density at radius 2 is 0.857 bits per heavy atom. The number of benzene rings is 4. The molecule has 0 radical (unpaired) electrons. The van der Waals surface area contributed by atoms with Gasteiger partial charge < -0.3 is 8.83 Å². The van der Waals surface area contributed by atoms with E-state index in [0.717, 1.165) is 42.9 Å². The molecule has 0 saturated carbocycles. The molecule has 136 valence electrons. The summed E-state index contributed by atoms with van der Waals surface area (Å²) < 4.78 is 12.2.